The molecule has 0 N–H and O–H groups in total. The fraction of sp³-hybridized carbons (Fsp3) is 0.100. The quantitative estimate of drug-likeness (QED) is 0.560. The van der Waals surface area contributed by atoms with Gasteiger partial charge in [0.1, 0.15) is 5.82 Å². The van der Waals surface area contributed by atoms with E-state index in [1.165, 1.54) is 12.1 Å². The molecule has 128 valence electrons. The number of rotatable bonds is 3. The molecule has 0 aliphatic carbocycles. The molecular weight excluding hydrogens is 329 g/mol. The van der Waals surface area contributed by atoms with Crippen LogP contribution in [0.4, 0.5) is 4.39 Å². The second kappa shape index (κ2) is 6.48. The summed E-state index contributed by atoms with van der Waals surface area (Å²) in [6.07, 6.45) is 5.19. The number of benzene rings is 1. The molecule has 0 bridgehead atoms. The van der Waals surface area contributed by atoms with Gasteiger partial charge in [-0.2, -0.15) is 5.10 Å². The SMILES string of the molecule is Cc1cc(C)n(-c2ncc(-c3ccc(F)cc3)c(-c3ccncc3)n2)n1. The van der Waals surface area contributed by atoms with Crippen LogP contribution in [0, 0.1) is 19.7 Å². The largest absolute Gasteiger partial charge is 0.265 e. The van der Waals surface area contributed by atoms with Crippen LogP contribution in [0.2, 0.25) is 0 Å². The van der Waals surface area contributed by atoms with E-state index in [2.05, 4.69) is 15.1 Å². The lowest BCUT2D eigenvalue weighted by atomic mass is 10.0. The number of nitrogens with zero attached hydrogens (tertiary/aromatic N) is 5. The highest BCUT2D eigenvalue weighted by molar-refractivity contribution is 5.80. The Labute approximate surface area is 150 Å². The first-order chi connectivity index (χ1) is 12.6. The first-order valence-corrected chi connectivity index (χ1v) is 8.19. The normalized spacial score (nSPS) is 10.9. The third kappa shape index (κ3) is 2.97. The molecule has 0 aliphatic heterocycles. The fourth-order valence-corrected chi connectivity index (χ4v) is 2.88. The van der Waals surface area contributed by atoms with E-state index in [1.54, 1.807) is 35.4 Å². The average molecular weight is 345 g/mol. The first kappa shape index (κ1) is 16.1. The molecule has 0 spiro atoms. The molecule has 3 aromatic heterocycles. The topological polar surface area (TPSA) is 56.5 Å². The van der Waals surface area contributed by atoms with Crippen LogP contribution in [-0.2, 0) is 0 Å². The van der Waals surface area contributed by atoms with Crippen LogP contribution in [0.25, 0.3) is 28.3 Å². The monoisotopic (exact) mass is 345 g/mol. The van der Waals surface area contributed by atoms with Gasteiger partial charge in [0.05, 0.1) is 11.4 Å². The van der Waals surface area contributed by atoms with Gasteiger partial charge in [-0.3, -0.25) is 4.98 Å². The molecule has 3 heterocycles. The van der Waals surface area contributed by atoms with E-state index in [1.807, 2.05) is 32.0 Å². The van der Waals surface area contributed by atoms with Gasteiger partial charge < -0.3 is 0 Å². The lowest BCUT2D eigenvalue weighted by Gasteiger charge is -2.11. The molecule has 0 amide bonds. The summed E-state index contributed by atoms with van der Waals surface area (Å²) in [6, 6.07) is 12.1. The Bertz CT molecular complexity index is 1060. The molecule has 26 heavy (non-hydrogen) atoms. The first-order valence-electron chi connectivity index (χ1n) is 8.19. The molecule has 0 aliphatic rings. The molecule has 0 atom stereocenters. The van der Waals surface area contributed by atoms with Gasteiger partial charge >= 0.3 is 0 Å². The van der Waals surface area contributed by atoms with Crippen LogP contribution in [-0.4, -0.2) is 24.7 Å². The summed E-state index contributed by atoms with van der Waals surface area (Å²) in [5.74, 6) is 0.215. The van der Waals surface area contributed by atoms with Gasteiger partial charge in [-0.15, -0.1) is 0 Å². The average Bonchev–Trinajstić information content (AvgIpc) is 3.01. The van der Waals surface area contributed by atoms with E-state index in [-0.39, 0.29) is 5.82 Å². The summed E-state index contributed by atoms with van der Waals surface area (Å²) in [5.41, 5.74) is 5.18. The Morgan fingerprint density at radius 2 is 1.65 bits per heavy atom. The zero-order valence-corrected chi connectivity index (χ0v) is 14.4. The minimum atomic E-state index is -0.278. The number of aromatic nitrogens is 5. The zero-order valence-electron chi connectivity index (χ0n) is 14.4. The third-order valence-electron chi connectivity index (χ3n) is 4.08. The van der Waals surface area contributed by atoms with Crippen LogP contribution in [0.1, 0.15) is 11.4 Å². The van der Waals surface area contributed by atoms with Crippen LogP contribution >= 0.6 is 0 Å². The fourth-order valence-electron chi connectivity index (χ4n) is 2.88. The molecular formula is C20H16FN5. The van der Waals surface area contributed by atoms with Crippen molar-refractivity contribution < 1.29 is 4.39 Å². The molecule has 5 nitrogen and oxygen atoms in total. The number of pyridine rings is 1. The maximum absolute atomic E-state index is 13.3. The minimum absolute atomic E-state index is 0.278. The van der Waals surface area contributed by atoms with Crippen molar-refractivity contribution in [2.45, 2.75) is 13.8 Å². The van der Waals surface area contributed by atoms with E-state index < -0.39 is 0 Å². The summed E-state index contributed by atoms with van der Waals surface area (Å²) < 4.78 is 15.0. The highest BCUT2D eigenvalue weighted by Gasteiger charge is 2.14. The number of aryl methyl sites for hydroxylation is 2. The zero-order chi connectivity index (χ0) is 18.1. The van der Waals surface area contributed by atoms with Crippen LogP contribution in [0.5, 0.6) is 0 Å². The summed E-state index contributed by atoms with van der Waals surface area (Å²) in [4.78, 5) is 13.3. The van der Waals surface area contributed by atoms with Crippen LogP contribution < -0.4 is 0 Å². The molecule has 0 radical (unpaired) electrons. The molecule has 1 aromatic carbocycles. The Hall–Kier alpha value is -3.41. The Morgan fingerprint density at radius 3 is 2.31 bits per heavy atom. The molecule has 4 rings (SSSR count). The molecule has 0 saturated carbocycles. The van der Waals surface area contributed by atoms with E-state index in [0.29, 0.717) is 5.95 Å². The lowest BCUT2D eigenvalue weighted by molar-refractivity contribution is 0.628. The maximum Gasteiger partial charge on any atom is 0.251 e. The predicted octanol–water partition coefficient (Wildman–Crippen LogP) is 4.15. The van der Waals surface area contributed by atoms with Crippen molar-refractivity contribution in [3.63, 3.8) is 0 Å². The Kier molecular flexibility index (Phi) is 4.01. The van der Waals surface area contributed by atoms with E-state index in [0.717, 1.165) is 33.8 Å². The molecule has 4 aromatic rings. The highest BCUT2D eigenvalue weighted by atomic mass is 19.1. The molecule has 6 heteroatoms. The highest BCUT2D eigenvalue weighted by Crippen LogP contribution is 2.30. The van der Waals surface area contributed by atoms with Crippen molar-refractivity contribution in [1.29, 1.82) is 0 Å². The second-order valence-corrected chi connectivity index (χ2v) is 6.01. The predicted molar refractivity (Wildman–Crippen MR) is 97.3 cm³/mol. The van der Waals surface area contributed by atoms with E-state index >= 15 is 0 Å². The van der Waals surface area contributed by atoms with Gasteiger partial charge in [0.2, 0.25) is 0 Å². The van der Waals surface area contributed by atoms with Crippen molar-refractivity contribution in [3.05, 3.63) is 78.3 Å². The van der Waals surface area contributed by atoms with Gasteiger partial charge in [0.25, 0.3) is 5.95 Å². The molecule has 0 saturated heterocycles. The standard InChI is InChI=1S/C20H16FN5/c1-13-11-14(2)26(25-13)20-23-12-18(15-3-5-17(21)6-4-15)19(24-20)16-7-9-22-10-8-16/h3-12H,1-2H3. The Balaban J connectivity index is 1.92. The molecule has 0 unspecified atom stereocenters. The van der Waals surface area contributed by atoms with Crippen molar-refractivity contribution in [2.75, 3.05) is 0 Å². The lowest BCUT2D eigenvalue weighted by Crippen LogP contribution is -2.06. The van der Waals surface area contributed by atoms with Gasteiger partial charge in [-0.1, -0.05) is 12.1 Å². The second-order valence-electron chi connectivity index (χ2n) is 6.01. The van der Waals surface area contributed by atoms with Crippen molar-refractivity contribution in [2.24, 2.45) is 0 Å². The van der Waals surface area contributed by atoms with Gasteiger partial charge in [0, 0.05) is 35.4 Å². The van der Waals surface area contributed by atoms with Crippen molar-refractivity contribution >= 4 is 0 Å². The van der Waals surface area contributed by atoms with Gasteiger partial charge in [0.15, 0.2) is 0 Å². The van der Waals surface area contributed by atoms with E-state index in [9.17, 15) is 4.39 Å². The number of hydrogen-bond donors (Lipinski definition) is 0. The van der Waals surface area contributed by atoms with Gasteiger partial charge in [-0.05, 0) is 49.7 Å². The summed E-state index contributed by atoms with van der Waals surface area (Å²) >= 11 is 0. The number of hydrogen-bond acceptors (Lipinski definition) is 4. The van der Waals surface area contributed by atoms with Crippen molar-refractivity contribution in [1.82, 2.24) is 24.7 Å². The summed E-state index contributed by atoms with van der Waals surface area (Å²) in [5, 5.41) is 4.46. The van der Waals surface area contributed by atoms with E-state index in [4.69, 9.17) is 4.98 Å². The minimum Gasteiger partial charge on any atom is -0.265 e. The maximum atomic E-state index is 13.3. The summed E-state index contributed by atoms with van der Waals surface area (Å²) in [6.45, 7) is 3.89. The smallest absolute Gasteiger partial charge is 0.251 e. The van der Waals surface area contributed by atoms with Gasteiger partial charge in [-0.25, -0.2) is 19.0 Å². The van der Waals surface area contributed by atoms with Crippen molar-refractivity contribution in [3.8, 4) is 28.3 Å². The molecule has 0 fully saturated rings. The summed E-state index contributed by atoms with van der Waals surface area (Å²) in [7, 11) is 0. The van der Waals surface area contributed by atoms with Crippen LogP contribution in [0.3, 0.4) is 0 Å². The Morgan fingerprint density at radius 1 is 0.923 bits per heavy atom. The number of halogens is 1. The van der Waals surface area contributed by atoms with Crippen LogP contribution in [0.15, 0.2) is 61.1 Å². The third-order valence-corrected chi connectivity index (χ3v) is 4.08.